The Morgan fingerprint density at radius 2 is 2.24 bits per heavy atom. The number of aliphatic hydroxyl groups is 1. The van der Waals surface area contributed by atoms with Gasteiger partial charge in [0.15, 0.2) is 0 Å². The molecule has 0 atom stereocenters. The molecule has 0 bridgehead atoms. The predicted octanol–water partition coefficient (Wildman–Crippen LogP) is 0.599. The van der Waals surface area contributed by atoms with Crippen molar-refractivity contribution in [2.24, 2.45) is 0 Å². The Morgan fingerprint density at radius 1 is 1.47 bits per heavy atom. The second-order valence-corrected chi connectivity index (χ2v) is 5.69. The number of sulfonamides is 1. The lowest BCUT2D eigenvalue weighted by Gasteiger charge is -2.20. The van der Waals surface area contributed by atoms with Crippen molar-refractivity contribution in [2.45, 2.75) is 25.5 Å². The number of aliphatic hydroxyl groups excluding tert-OH is 1. The van der Waals surface area contributed by atoms with Crippen LogP contribution in [0.2, 0.25) is 0 Å². The Labute approximate surface area is 101 Å². The SMILES string of the molecule is CCCCN(CCO)S(=O)(=O)Cc1ccon1. The molecule has 0 saturated carbocycles. The van der Waals surface area contributed by atoms with Gasteiger partial charge in [-0.3, -0.25) is 0 Å². The highest BCUT2D eigenvalue weighted by Crippen LogP contribution is 2.10. The number of rotatable bonds is 8. The second-order valence-electron chi connectivity index (χ2n) is 3.72. The summed E-state index contributed by atoms with van der Waals surface area (Å²) in [5, 5.41) is 12.5. The monoisotopic (exact) mass is 262 g/mol. The molecular formula is C10H18N2O4S. The van der Waals surface area contributed by atoms with Crippen LogP contribution in [0.15, 0.2) is 16.9 Å². The van der Waals surface area contributed by atoms with Gasteiger partial charge in [0.25, 0.3) is 0 Å². The van der Waals surface area contributed by atoms with Crippen molar-refractivity contribution in [1.82, 2.24) is 9.46 Å². The zero-order chi connectivity index (χ0) is 12.7. The third-order valence-electron chi connectivity index (χ3n) is 2.33. The minimum absolute atomic E-state index is 0.125. The highest BCUT2D eigenvalue weighted by atomic mass is 32.2. The molecule has 0 amide bonds. The fourth-order valence-electron chi connectivity index (χ4n) is 1.43. The summed E-state index contributed by atoms with van der Waals surface area (Å²) in [7, 11) is -3.43. The fraction of sp³-hybridized carbons (Fsp3) is 0.700. The summed E-state index contributed by atoms with van der Waals surface area (Å²) in [6.07, 6.45) is 3.02. The third kappa shape index (κ3) is 4.45. The van der Waals surface area contributed by atoms with Crippen LogP contribution in [-0.2, 0) is 15.8 Å². The maximum absolute atomic E-state index is 12.0. The van der Waals surface area contributed by atoms with Crippen LogP contribution in [0, 0.1) is 0 Å². The molecular weight excluding hydrogens is 244 g/mol. The molecule has 0 fully saturated rings. The van der Waals surface area contributed by atoms with Gasteiger partial charge in [0, 0.05) is 19.2 Å². The zero-order valence-corrected chi connectivity index (χ0v) is 10.7. The number of hydrogen-bond acceptors (Lipinski definition) is 5. The Morgan fingerprint density at radius 3 is 2.76 bits per heavy atom. The van der Waals surface area contributed by atoms with Crippen LogP contribution in [-0.4, -0.2) is 42.7 Å². The van der Waals surface area contributed by atoms with Crippen molar-refractivity contribution in [3.05, 3.63) is 18.0 Å². The summed E-state index contributed by atoms with van der Waals surface area (Å²) in [6, 6.07) is 1.52. The molecule has 0 radical (unpaired) electrons. The molecule has 0 spiro atoms. The lowest BCUT2D eigenvalue weighted by atomic mass is 10.3. The van der Waals surface area contributed by atoms with Crippen molar-refractivity contribution in [1.29, 1.82) is 0 Å². The minimum Gasteiger partial charge on any atom is -0.395 e. The topological polar surface area (TPSA) is 83.6 Å². The number of unbranched alkanes of at least 4 members (excludes halogenated alkanes) is 1. The molecule has 6 nitrogen and oxygen atoms in total. The molecule has 7 heteroatoms. The van der Waals surface area contributed by atoms with Crippen LogP contribution in [0.5, 0.6) is 0 Å². The van der Waals surface area contributed by atoms with Crippen molar-refractivity contribution >= 4 is 10.0 Å². The molecule has 17 heavy (non-hydrogen) atoms. The van der Waals surface area contributed by atoms with Gasteiger partial charge in [-0.1, -0.05) is 18.5 Å². The van der Waals surface area contributed by atoms with E-state index in [1.165, 1.54) is 16.6 Å². The Balaban J connectivity index is 2.69. The average molecular weight is 262 g/mol. The molecule has 0 aromatic carbocycles. The summed E-state index contributed by atoms with van der Waals surface area (Å²) >= 11 is 0. The molecule has 1 aromatic heterocycles. The van der Waals surface area contributed by atoms with Crippen LogP contribution in [0.3, 0.4) is 0 Å². The Bertz CT molecular complexity index is 402. The van der Waals surface area contributed by atoms with E-state index in [9.17, 15) is 8.42 Å². The molecule has 1 rings (SSSR count). The first-order valence-corrected chi connectivity index (χ1v) is 7.19. The summed E-state index contributed by atoms with van der Waals surface area (Å²) in [6.45, 7) is 2.36. The van der Waals surface area contributed by atoms with Gasteiger partial charge in [-0.05, 0) is 6.42 Å². The number of aromatic nitrogens is 1. The van der Waals surface area contributed by atoms with Gasteiger partial charge in [-0.25, -0.2) is 8.42 Å². The van der Waals surface area contributed by atoms with Crippen LogP contribution < -0.4 is 0 Å². The van der Waals surface area contributed by atoms with E-state index < -0.39 is 10.0 Å². The maximum atomic E-state index is 12.0. The summed E-state index contributed by atoms with van der Waals surface area (Å²) in [5.74, 6) is -0.187. The highest BCUT2D eigenvalue weighted by molar-refractivity contribution is 7.88. The average Bonchev–Trinajstić information content (AvgIpc) is 2.75. The quantitative estimate of drug-likeness (QED) is 0.741. The van der Waals surface area contributed by atoms with E-state index in [1.54, 1.807) is 0 Å². The lowest BCUT2D eigenvalue weighted by Crippen LogP contribution is -2.35. The molecule has 0 saturated heterocycles. The first-order chi connectivity index (χ1) is 8.10. The van der Waals surface area contributed by atoms with Gasteiger partial charge in [0.05, 0.1) is 12.3 Å². The van der Waals surface area contributed by atoms with Crippen molar-refractivity contribution < 1.29 is 18.0 Å². The van der Waals surface area contributed by atoms with Crippen LogP contribution >= 0.6 is 0 Å². The Kier molecular flexibility index (Phi) is 5.60. The smallest absolute Gasteiger partial charge is 0.220 e. The molecule has 98 valence electrons. The van der Waals surface area contributed by atoms with E-state index in [2.05, 4.69) is 9.68 Å². The predicted molar refractivity (Wildman–Crippen MR) is 62.7 cm³/mol. The number of hydrogen-bond donors (Lipinski definition) is 1. The first-order valence-electron chi connectivity index (χ1n) is 5.58. The maximum Gasteiger partial charge on any atom is 0.220 e. The van der Waals surface area contributed by atoms with Crippen LogP contribution in [0.4, 0.5) is 0 Å². The van der Waals surface area contributed by atoms with Crippen LogP contribution in [0.25, 0.3) is 0 Å². The molecule has 0 unspecified atom stereocenters. The standard InChI is InChI=1S/C10H18N2O4S/c1-2-3-5-12(6-7-13)17(14,15)9-10-4-8-16-11-10/h4,8,13H,2-3,5-7,9H2,1H3. The first kappa shape index (κ1) is 14.1. The summed E-state index contributed by atoms with van der Waals surface area (Å²) in [4.78, 5) is 0. The Hall–Kier alpha value is -0.920. The molecule has 0 aliphatic carbocycles. The lowest BCUT2D eigenvalue weighted by molar-refractivity contribution is 0.252. The number of nitrogens with zero attached hydrogens (tertiary/aromatic N) is 2. The van der Waals surface area contributed by atoms with Gasteiger partial charge >= 0.3 is 0 Å². The second kappa shape index (κ2) is 6.73. The summed E-state index contributed by atoms with van der Waals surface area (Å²) in [5.41, 5.74) is 0.379. The van der Waals surface area contributed by atoms with Crippen LogP contribution in [0.1, 0.15) is 25.5 Å². The fourth-order valence-corrected chi connectivity index (χ4v) is 2.90. The van der Waals surface area contributed by atoms with E-state index in [0.717, 1.165) is 12.8 Å². The van der Waals surface area contributed by atoms with E-state index in [0.29, 0.717) is 12.2 Å². The largest absolute Gasteiger partial charge is 0.395 e. The zero-order valence-electron chi connectivity index (χ0n) is 9.87. The molecule has 1 N–H and O–H groups in total. The van der Waals surface area contributed by atoms with E-state index in [1.807, 2.05) is 6.92 Å². The molecule has 0 aliphatic heterocycles. The van der Waals surface area contributed by atoms with Crippen molar-refractivity contribution in [2.75, 3.05) is 19.7 Å². The molecule has 1 aromatic rings. The van der Waals surface area contributed by atoms with Crippen molar-refractivity contribution in [3.8, 4) is 0 Å². The van der Waals surface area contributed by atoms with E-state index >= 15 is 0 Å². The van der Waals surface area contributed by atoms with Gasteiger partial charge in [-0.2, -0.15) is 4.31 Å². The highest BCUT2D eigenvalue weighted by Gasteiger charge is 2.22. The van der Waals surface area contributed by atoms with Crippen molar-refractivity contribution in [3.63, 3.8) is 0 Å². The van der Waals surface area contributed by atoms with Gasteiger partial charge in [-0.15, -0.1) is 0 Å². The molecule has 1 heterocycles. The summed E-state index contributed by atoms with van der Waals surface area (Å²) < 4.78 is 29.9. The normalized spacial score (nSPS) is 12.2. The molecule has 0 aliphatic rings. The van der Waals surface area contributed by atoms with Gasteiger partial charge in [0.1, 0.15) is 12.0 Å². The van der Waals surface area contributed by atoms with E-state index in [4.69, 9.17) is 5.11 Å². The van der Waals surface area contributed by atoms with E-state index in [-0.39, 0.29) is 18.9 Å². The minimum atomic E-state index is -3.43. The van der Waals surface area contributed by atoms with Gasteiger partial charge < -0.3 is 9.63 Å². The third-order valence-corrected chi connectivity index (χ3v) is 4.14. The van der Waals surface area contributed by atoms with Gasteiger partial charge in [0.2, 0.25) is 10.0 Å².